The molecule has 1 aromatic heterocycles. The molecule has 0 N–H and O–H groups in total. The lowest BCUT2D eigenvalue weighted by molar-refractivity contribution is 0.660. The third-order valence-electron chi connectivity index (χ3n) is 12.5. The normalized spacial score (nSPS) is 19.6. The first-order valence-electron chi connectivity index (χ1n) is 19.6. The fourth-order valence-electron chi connectivity index (χ4n) is 9.59. The molecule has 0 radical (unpaired) electrons. The van der Waals surface area contributed by atoms with Gasteiger partial charge < -0.3 is 4.42 Å². The van der Waals surface area contributed by atoms with Crippen molar-refractivity contribution in [2.45, 2.75) is 51.4 Å². The molecule has 0 saturated heterocycles. The van der Waals surface area contributed by atoms with Gasteiger partial charge in [-0.3, -0.25) is 0 Å². The van der Waals surface area contributed by atoms with E-state index in [-0.39, 0.29) is 10.8 Å². The molecule has 6 aromatic carbocycles. The number of rotatable bonds is 4. The van der Waals surface area contributed by atoms with Crippen LogP contribution in [0.1, 0.15) is 79.5 Å². The average Bonchev–Trinajstić information content (AvgIpc) is 3.79. The van der Waals surface area contributed by atoms with Crippen molar-refractivity contribution in [1.82, 2.24) is 0 Å². The van der Waals surface area contributed by atoms with Crippen molar-refractivity contribution in [2.75, 3.05) is 0 Å². The second-order valence-electron chi connectivity index (χ2n) is 16.4. The van der Waals surface area contributed by atoms with Crippen molar-refractivity contribution in [2.24, 2.45) is 0 Å². The molecule has 1 heterocycles. The van der Waals surface area contributed by atoms with Crippen LogP contribution in [0.5, 0.6) is 0 Å². The summed E-state index contributed by atoms with van der Waals surface area (Å²) in [5, 5.41) is 4.62. The molecule has 0 spiro atoms. The second kappa shape index (κ2) is 12.4. The standard InChI is InChI=1S/C54H44O/c1-34(44-32-46-43-24-14-17-27-51(43)55-52(46)33-45(44)50-31-36-18-10-15-25-47(36)53(50,2)3)37-19-8-6-7-9-20-38(40-22-12-11-21-39(37)40)35-28-29-42-41-23-13-16-26-48(41)54(4,5)49(42)30-35/h8-33H,1,6-7H2,2-5H3/b19-8+,20-9+,39-37+,40-38+. The highest BCUT2D eigenvalue weighted by Gasteiger charge is 2.36. The molecule has 10 rings (SSSR count). The van der Waals surface area contributed by atoms with Gasteiger partial charge in [0.1, 0.15) is 11.2 Å². The van der Waals surface area contributed by atoms with Crippen molar-refractivity contribution in [1.29, 1.82) is 0 Å². The van der Waals surface area contributed by atoms with E-state index in [1.165, 1.54) is 60.5 Å². The minimum Gasteiger partial charge on any atom is -0.456 e. The van der Waals surface area contributed by atoms with Gasteiger partial charge in [0.05, 0.1) is 0 Å². The number of hydrogen-bond acceptors (Lipinski definition) is 1. The Morgan fingerprint density at radius 3 is 2.09 bits per heavy atom. The first kappa shape index (κ1) is 33.4. The molecule has 0 atom stereocenters. The number of hydrogen-bond donors (Lipinski definition) is 0. The molecule has 55 heavy (non-hydrogen) atoms. The summed E-state index contributed by atoms with van der Waals surface area (Å²) in [6.07, 6.45) is 13.6. The van der Waals surface area contributed by atoms with Crippen LogP contribution in [0.15, 0.2) is 163 Å². The van der Waals surface area contributed by atoms with Crippen molar-refractivity contribution in [3.63, 3.8) is 0 Å². The van der Waals surface area contributed by atoms with Crippen molar-refractivity contribution in [3.05, 3.63) is 208 Å². The van der Waals surface area contributed by atoms with Crippen LogP contribution in [0.25, 0.3) is 61.4 Å². The number of allylic oxidation sites excluding steroid dienone is 6. The molecule has 0 saturated carbocycles. The Kier molecular flexibility index (Phi) is 7.55. The van der Waals surface area contributed by atoms with E-state index in [1.807, 2.05) is 6.07 Å². The third-order valence-corrected chi connectivity index (χ3v) is 12.5. The molecule has 0 aliphatic heterocycles. The summed E-state index contributed by atoms with van der Waals surface area (Å²) in [7, 11) is 0. The monoisotopic (exact) mass is 708 g/mol. The van der Waals surface area contributed by atoms with Gasteiger partial charge in [-0.2, -0.15) is 0 Å². The van der Waals surface area contributed by atoms with E-state index in [2.05, 4.69) is 179 Å². The molecule has 0 unspecified atom stereocenters. The Morgan fingerprint density at radius 1 is 0.564 bits per heavy atom. The van der Waals surface area contributed by atoms with Gasteiger partial charge in [0.15, 0.2) is 0 Å². The van der Waals surface area contributed by atoms with Gasteiger partial charge in [0.2, 0.25) is 0 Å². The molecular weight excluding hydrogens is 665 g/mol. The molecular formula is C54H44O. The predicted molar refractivity (Wildman–Crippen MR) is 233 cm³/mol. The minimum atomic E-state index is -0.202. The minimum absolute atomic E-state index is 0.0787. The maximum Gasteiger partial charge on any atom is 0.136 e. The summed E-state index contributed by atoms with van der Waals surface area (Å²) in [5.74, 6) is 0. The first-order chi connectivity index (χ1) is 26.7. The molecule has 266 valence electrons. The SMILES string of the molecule is C=C(C1=c2\cccc\c2=C(c2ccc3c(c2)C(C)(C)c2ccccc2-3)\C=C\CC\C=C\1)c1cc2c(cc1C1=Cc3ccccc3C1(C)C)oc1ccccc12. The average molecular weight is 709 g/mol. The molecule has 0 fully saturated rings. The van der Waals surface area contributed by atoms with Crippen LogP contribution >= 0.6 is 0 Å². The van der Waals surface area contributed by atoms with E-state index >= 15 is 0 Å². The Hall–Kier alpha value is -6.18. The second-order valence-corrected chi connectivity index (χ2v) is 16.4. The van der Waals surface area contributed by atoms with E-state index in [0.717, 1.165) is 57.1 Å². The fraction of sp³-hybridized carbons (Fsp3) is 0.148. The van der Waals surface area contributed by atoms with Gasteiger partial charge in [0, 0.05) is 21.6 Å². The lowest BCUT2D eigenvalue weighted by atomic mass is 9.76. The quantitative estimate of drug-likeness (QED) is 0.177. The Balaban J connectivity index is 1.24. The maximum atomic E-state index is 6.54. The Bertz CT molecular complexity index is 2990. The first-order valence-corrected chi connectivity index (χ1v) is 19.6. The highest BCUT2D eigenvalue weighted by molar-refractivity contribution is 6.12. The zero-order valence-electron chi connectivity index (χ0n) is 32.0. The van der Waals surface area contributed by atoms with Gasteiger partial charge in [-0.05, 0) is 126 Å². The third kappa shape index (κ3) is 5.14. The van der Waals surface area contributed by atoms with Crippen LogP contribution in [0.3, 0.4) is 0 Å². The van der Waals surface area contributed by atoms with Crippen LogP contribution in [0, 0.1) is 0 Å². The van der Waals surface area contributed by atoms with Crippen LogP contribution in [-0.4, -0.2) is 0 Å². The van der Waals surface area contributed by atoms with E-state index < -0.39 is 0 Å². The number of furan rings is 1. The summed E-state index contributed by atoms with van der Waals surface area (Å²) in [5.41, 5.74) is 17.8. The van der Waals surface area contributed by atoms with Gasteiger partial charge in [0.25, 0.3) is 0 Å². The number of fused-ring (bicyclic) bond motifs is 8. The number of benzene rings is 6. The number of para-hydroxylation sites is 1. The van der Waals surface area contributed by atoms with E-state index in [9.17, 15) is 0 Å². The lowest BCUT2D eigenvalue weighted by Gasteiger charge is -2.27. The summed E-state index contributed by atoms with van der Waals surface area (Å²) in [6, 6.07) is 46.7. The molecule has 7 aromatic rings. The smallest absolute Gasteiger partial charge is 0.136 e. The summed E-state index contributed by atoms with van der Waals surface area (Å²) in [6.45, 7) is 14.4. The van der Waals surface area contributed by atoms with Gasteiger partial charge in [-0.15, -0.1) is 0 Å². The van der Waals surface area contributed by atoms with E-state index in [0.29, 0.717) is 0 Å². The zero-order valence-corrected chi connectivity index (χ0v) is 32.0. The zero-order chi connectivity index (χ0) is 37.5. The fourth-order valence-corrected chi connectivity index (χ4v) is 9.59. The van der Waals surface area contributed by atoms with Gasteiger partial charge in [-0.1, -0.05) is 162 Å². The topological polar surface area (TPSA) is 13.1 Å². The van der Waals surface area contributed by atoms with Crippen molar-refractivity contribution in [3.8, 4) is 11.1 Å². The summed E-state index contributed by atoms with van der Waals surface area (Å²) < 4.78 is 6.54. The van der Waals surface area contributed by atoms with Crippen molar-refractivity contribution >= 4 is 50.3 Å². The Labute approximate surface area is 323 Å². The van der Waals surface area contributed by atoms with E-state index in [4.69, 9.17) is 11.0 Å². The van der Waals surface area contributed by atoms with Gasteiger partial charge in [-0.25, -0.2) is 0 Å². The Morgan fingerprint density at radius 2 is 1.25 bits per heavy atom. The van der Waals surface area contributed by atoms with Crippen LogP contribution in [0.4, 0.5) is 0 Å². The highest BCUT2D eigenvalue weighted by atomic mass is 16.3. The van der Waals surface area contributed by atoms with Crippen LogP contribution in [-0.2, 0) is 10.8 Å². The molecule has 0 bridgehead atoms. The van der Waals surface area contributed by atoms with E-state index in [1.54, 1.807) is 0 Å². The summed E-state index contributed by atoms with van der Waals surface area (Å²) in [4.78, 5) is 0. The largest absolute Gasteiger partial charge is 0.456 e. The van der Waals surface area contributed by atoms with Crippen LogP contribution in [0.2, 0.25) is 0 Å². The molecule has 3 aliphatic rings. The predicted octanol–water partition coefficient (Wildman–Crippen LogP) is 12.7. The highest BCUT2D eigenvalue weighted by Crippen LogP contribution is 2.51. The van der Waals surface area contributed by atoms with Crippen molar-refractivity contribution < 1.29 is 4.42 Å². The molecule has 1 nitrogen and oxygen atoms in total. The lowest BCUT2D eigenvalue weighted by Crippen LogP contribution is -2.29. The summed E-state index contributed by atoms with van der Waals surface area (Å²) >= 11 is 0. The molecule has 0 amide bonds. The molecule has 1 heteroatoms. The maximum absolute atomic E-state index is 6.54. The van der Waals surface area contributed by atoms with Gasteiger partial charge >= 0.3 is 0 Å². The van der Waals surface area contributed by atoms with Crippen LogP contribution < -0.4 is 10.4 Å². The molecule has 3 aliphatic carbocycles.